The second-order valence-corrected chi connectivity index (χ2v) is 5.66. The van der Waals surface area contributed by atoms with Crippen molar-refractivity contribution >= 4 is 40.7 Å². The van der Waals surface area contributed by atoms with Gasteiger partial charge in [0, 0.05) is 32.1 Å². The van der Waals surface area contributed by atoms with Crippen LogP contribution in [0.15, 0.2) is 18.2 Å². The van der Waals surface area contributed by atoms with Crippen molar-refractivity contribution in [2.24, 2.45) is 0 Å². The van der Waals surface area contributed by atoms with Gasteiger partial charge < -0.3 is 15.5 Å². The number of amides is 2. The third-order valence-electron chi connectivity index (χ3n) is 2.83. The fourth-order valence-corrected chi connectivity index (χ4v) is 2.04. The molecule has 0 aliphatic carbocycles. The zero-order valence-corrected chi connectivity index (χ0v) is 13.8. The van der Waals surface area contributed by atoms with Crippen LogP contribution in [0.5, 0.6) is 0 Å². The fraction of sp³-hybridized carbons (Fsp3) is 0.429. The second kappa shape index (κ2) is 8.10. The fourth-order valence-electron chi connectivity index (χ4n) is 1.57. The largest absolute Gasteiger partial charge is 0.373 e. The highest BCUT2D eigenvalue weighted by Gasteiger charge is 2.14. The molecule has 1 aromatic rings. The van der Waals surface area contributed by atoms with Crippen LogP contribution < -0.4 is 10.6 Å². The number of benzene rings is 1. The molecule has 1 aromatic carbocycles. The van der Waals surface area contributed by atoms with E-state index in [4.69, 9.17) is 23.2 Å². The van der Waals surface area contributed by atoms with Crippen LogP contribution in [0.25, 0.3) is 0 Å². The molecule has 0 saturated carbocycles. The molecule has 0 aromatic heterocycles. The number of nitrogens with zero attached hydrogens (tertiary/aromatic N) is 1. The Labute approximate surface area is 134 Å². The number of hydrogen-bond donors (Lipinski definition) is 2. The summed E-state index contributed by atoms with van der Waals surface area (Å²) in [7, 11) is 3.35. The molecule has 1 rings (SSSR count). The average Bonchev–Trinajstić information content (AvgIpc) is 2.41. The molecule has 0 saturated heterocycles. The second-order valence-electron chi connectivity index (χ2n) is 4.82. The van der Waals surface area contributed by atoms with Crippen LogP contribution in [-0.2, 0) is 9.59 Å². The first-order chi connectivity index (χ1) is 9.81. The Morgan fingerprint density at radius 2 is 1.95 bits per heavy atom. The van der Waals surface area contributed by atoms with Gasteiger partial charge in [-0.2, -0.15) is 0 Å². The monoisotopic (exact) mass is 331 g/mol. The van der Waals surface area contributed by atoms with Crippen molar-refractivity contribution in [3.05, 3.63) is 28.2 Å². The van der Waals surface area contributed by atoms with Gasteiger partial charge in [0.1, 0.15) is 6.04 Å². The minimum atomic E-state index is -0.474. The Morgan fingerprint density at radius 1 is 1.29 bits per heavy atom. The molecule has 116 valence electrons. The van der Waals surface area contributed by atoms with Crippen LogP contribution in [-0.4, -0.2) is 43.4 Å². The Morgan fingerprint density at radius 3 is 2.52 bits per heavy atom. The summed E-state index contributed by atoms with van der Waals surface area (Å²) in [4.78, 5) is 24.8. The van der Waals surface area contributed by atoms with E-state index < -0.39 is 6.04 Å². The summed E-state index contributed by atoms with van der Waals surface area (Å²) < 4.78 is 0. The minimum Gasteiger partial charge on any atom is -0.373 e. The third kappa shape index (κ3) is 5.81. The predicted octanol–water partition coefficient (Wildman–Crippen LogP) is 2.39. The third-order valence-corrected chi connectivity index (χ3v) is 3.38. The van der Waals surface area contributed by atoms with E-state index in [0.717, 1.165) is 0 Å². The van der Waals surface area contributed by atoms with Crippen molar-refractivity contribution in [2.45, 2.75) is 19.4 Å². The minimum absolute atomic E-state index is 0.0309. The van der Waals surface area contributed by atoms with Gasteiger partial charge in [0.25, 0.3) is 0 Å². The number of nitrogens with one attached hydrogen (secondary N) is 2. The molecule has 2 amide bonds. The lowest BCUT2D eigenvalue weighted by molar-refractivity contribution is -0.128. The van der Waals surface area contributed by atoms with E-state index in [0.29, 0.717) is 22.3 Å². The van der Waals surface area contributed by atoms with E-state index in [-0.39, 0.29) is 18.2 Å². The van der Waals surface area contributed by atoms with Crippen LogP contribution in [0.4, 0.5) is 5.69 Å². The molecule has 0 aliphatic heterocycles. The van der Waals surface area contributed by atoms with Gasteiger partial charge in [-0.3, -0.25) is 9.59 Å². The standard InChI is InChI=1S/C14H19Cl2N3O2/c1-9(14(21)17-7-6-13(20)19(2)3)18-12-5-4-10(15)8-11(12)16/h4-5,8-9,18H,6-7H2,1-3H3,(H,17,21). The summed E-state index contributed by atoms with van der Waals surface area (Å²) in [6.07, 6.45) is 0.271. The van der Waals surface area contributed by atoms with Gasteiger partial charge in [-0.25, -0.2) is 0 Å². The Hall–Kier alpha value is -1.46. The number of anilines is 1. The molecule has 2 N–H and O–H groups in total. The van der Waals surface area contributed by atoms with E-state index >= 15 is 0 Å². The number of carbonyl (C=O) groups excluding carboxylic acids is 2. The van der Waals surface area contributed by atoms with E-state index in [1.807, 2.05) is 0 Å². The molecule has 1 atom stereocenters. The smallest absolute Gasteiger partial charge is 0.242 e. The zero-order valence-electron chi connectivity index (χ0n) is 12.2. The molecular formula is C14H19Cl2N3O2. The van der Waals surface area contributed by atoms with Crippen LogP contribution in [0.1, 0.15) is 13.3 Å². The number of rotatable bonds is 6. The van der Waals surface area contributed by atoms with Crippen LogP contribution in [0, 0.1) is 0 Å². The summed E-state index contributed by atoms with van der Waals surface area (Å²) in [5.74, 6) is -0.232. The van der Waals surface area contributed by atoms with Gasteiger partial charge in [-0.15, -0.1) is 0 Å². The molecule has 0 aliphatic rings. The van der Waals surface area contributed by atoms with Crippen LogP contribution in [0.3, 0.4) is 0 Å². The topological polar surface area (TPSA) is 61.4 Å². The molecule has 0 bridgehead atoms. The van der Waals surface area contributed by atoms with Gasteiger partial charge in [0.15, 0.2) is 0 Å². The average molecular weight is 332 g/mol. The highest BCUT2D eigenvalue weighted by molar-refractivity contribution is 6.36. The Bertz CT molecular complexity index is 521. The summed E-state index contributed by atoms with van der Waals surface area (Å²) in [5, 5.41) is 6.68. The van der Waals surface area contributed by atoms with Gasteiger partial charge in [-0.1, -0.05) is 23.2 Å². The van der Waals surface area contributed by atoms with Gasteiger partial charge in [-0.05, 0) is 25.1 Å². The van der Waals surface area contributed by atoms with Crippen molar-refractivity contribution in [3.63, 3.8) is 0 Å². The Kier molecular flexibility index (Phi) is 6.78. The number of carbonyl (C=O) groups is 2. The first-order valence-corrected chi connectivity index (χ1v) is 7.26. The van der Waals surface area contributed by atoms with Gasteiger partial charge in [0.05, 0.1) is 10.7 Å². The lowest BCUT2D eigenvalue weighted by Crippen LogP contribution is -2.39. The van der Waals surface area contributed by atoms with Crippen molar-refractivity contribution < 1.29 is 9.59 Å². The summed E-state index contributed by atoms with van der Waals surface area (Å²) in [6.45, 7) is 2.02. The van der Waals surface area contributed by atoms with E-state index in [9.17, 15) is 9.59 Å². The zero-order chi connectivity index (χ0) is 16.0. The molecule has 0 spiro atoms. The summed E-state index contributed by atoms with van der Waals surface area (Å²) >= 11 is 11.8. The first kappa shape index (κ1) is 17.6. The molecule has 0 fully saturated rings. The van der Waals surface area contributed by atoms with Gasteiger partial charge in [0.2, 0.25) is 11.8 Å². The van der Waals surface area contributed by atoms with Crippen LogP contribution >= 0.6 is 23.2 Å². The molecular weight excluding hydrogens is 313 g/mol. The van der Waals surface area contributed by atoms with Gasteiger partial charge >= 0.3 is 0 Å². The normalized spacial score (nSPS) is 11.7. The van der Waals surface area contributed by atoms with Crippen molar-refractivity contribution in [2.75, 3.05) is 26.0 Å². The maximum absolute atomic E-state index is 11.9. The molecule has 21 heavy (non-hydrogen) atoms. The highest BCUT2D eigenvalue weighted by Crippen LogP contribution is 2.25. The summed E-state index contributed by atoms with van der Waals surface area (Å²) in [6, 6.07) is 4.53. The lowest BCUT2D eigenvalue weighted by atomic mass is 10.2. The molecule has 1 unspecified atom stereocenters. The number of hydrogen-bond acceptors (Lipinski definition) is 3. The maximum Gasteiger partial charge on any atom is 0.242 e. The maximum atomic E-state index is 11.9. The molecule has 5 nitrogen and oxygen atoms in total. The van der Waals surface area contributed by atoms with Crippen LogP contribution in [0.2, 0.25) is 10.0 Å². The van der Waals surface area contributed by atoms with Crippen molar-refractivity contribution in [1.82, 2.24) is 10.2 Å². The molecule has 0 radical (unpaired) electrons. The quantitative estimate of drug-likeness (QED) is 0.841. The number of halogens is 2. The summed E-state index contributed by atoms with van der Waals surface area (Å²) in [5.41, 5.74) is 0.632. The highest BCUT2D eigenvalue weighted by atomic mass is 35.5. The predicted molar refractivity (Wildman–Crippen MR) is 85.9 cm³/mol. The Balaban J connectivity index is 2.46. The van der Waals surface area contributed by atoms with E-state index in [2.05, 4.69) is 10.6 Å². The first-order valence-electron chi connectivity index (χ1n) is 6.50. The van der Waals surface area contributed by atoms with Crippen molar-refractivity contribution in [1.29, 1.82) is 0 Å². The SMILES string of the molecule is CC(Nc1ccc(Cl)cc1Cl)C(=O)NCCC(=O)N(C)C. The lowest BCUT2D eigenvalue weighted by Gasteiger charge is -2.17. The van der Waals surface area contributed by atoms with E-state index in [1.165, 1.54) is 4.90 Å². The molecule has 7 heteroatoms. The molecule has 0 heterocycles. The van der Waals surface area contributed by atoms with E-state index in [1.54, 1.807) is 39.2 Å². The van der Waals surface area contributed by atoms with Crippen molar-refractivity contribution in [3.8, 4) is 0 Å².